The van der Waals surface area contributed by atoms with Gasteiger partial charge >= 0.3 is 0 Å². The summed E-state index contributed by atoms with van der Waals surface area (Å²) in [7, 11) is -0.405. The Hall–Kier alpha value is -2.64. The van der Waals surface area contributed by atoms with E-state index >= 15 is 0 Å². The van der Waals surface area contributed by atoms with Crippen molar-refractivity contribution in [1.29, 1.82) is 0 Å². The lowest BCUT2D eigenvalue weighted by Gasteiger charge is -2.30. The van der Waals surface area contributed by atoms with Gasteiger partial charge in [-0.1, -0.05) is 54.6 Å². The van der Waals surface area contributed by atoms with Crippen molar-refractivity contribution in [3.05, 3.63) is 91.0 Å². The standard InChI is InChI=1S/C22H22NO2P/c1-23(22(24)25)17-18-26(19-11-5-2-6-12-19,20-13-7-3-8-14-20)21-15-9-4-10-16-21/h2-16H,17-18H2,1H3. The third-order valence-corrected chi connectivity index (χ3v) is 9.08. The van der Waals surface area contributed by atoms with Crippen molar-refractivity contribution in [2.24, 2.45) is 0 Å². The van der Waals surface area contributed by atoms with Crippen LogP contribution in [0.5, 0.6) is 0 Å². The van der Waals surface area contributed by atoms with Crippen LogP contribution in [0.15, 0.2) is 91.0 Å². The second-order valence-electron chi connectivity index (χ2n) is 6.23. The fraction of sp³-hybridized carbons (Fsp3) is 0.136. The van der Waals surface area contributed by atoms with E-state index in [-0.39, 0.29) is 0 Å². The molecule has 3 aromatic carbocycles. The molecule has 0 fully saturated rings. The summed E-state index contributed by atoms with van der Waals surface area (Å²) in [6.07, 6.45) is -0.410. The van der Waals surface area contributed by atoms with Crippen molar-refractivity contribution in [1.82, 2.24) is 4.90 Å². The van der Waals surface area contributed by atoms with Crippen molar-refractivity contribution in [2.45, 2.75) is 0 Å². The van der Waals surface area contributed by atoms with E-state index in [0.29, 0.717) is 6.54 Å². The van der Waals surface area contributed by atoms with Crippen LogP contribution in [0.4, 0.5) is 4.79 Å². The molecule has 0 radical (unpaired) electrons. The van der Waals surface area contributed by atoms with Gasteiger partial charge in [-0.15, -0.1) is 0 Å². The smallest absolute Gasteiger partial charge is 0.136 e. The van der Waals surface area contributed by atoms with Crippen LogP contribution in [0.25, 0.3) is 0 Å². The number of rotatable bonds is 6. The second kappa shape index (κ2) is 8.16. The zero-order chi connectivity index (χ0) is 18.4. The van der Waals surface area contributed by atoms with Crippen molar-refractivity contribution in [3.8, 4) is 0 Å². The molecule has 0 bridgehead atoms. The maximum atomic E-state index is 11.3. The quantitative estimate of drug-likeness (QED) is 0.631. The monoisotopic (exact) mass is 363 g/mol. The molecule has 0 aliphatic carbocycles. The molecule has 1 amide bonds. The van der Waals surface area contributed by atoms with Gasteiger partial charge in [0.05, 0.1) is 12.7 Å². The summed E-state index contributed by atoms with van der Waals surface area (Å²) in [6.45, 7) is 0.425. The van der Waals surface area contributed by atoms with Crippen LogP contribution in [-0.2, 0) is 0 Å². The predicted octanol–water partition coefficient (Wildman–Crippen LogP) is 2.26. The van der Waals surface area contributed by atoms with E-state index in [0.717, 1.165) is 6.16 Å². The van der Waals surface area contributed by atoms with Crippen molar-refractivity contribution >= 4 is 29.3 Å². The molecule has 0 aliphatic rings. The lowest BCUT2D eigenvalue weighted by atomic mass is 10.4. The average molecular weight is 363 g/mol. The maximum absolute atomic E-state index is 11.3. The molecular weight excluding hydrogens is 341 g/mol. The fourth-order valence-electron chi connectivity index (χ4n) is 3.27. The van der Waals surface area contributed by atoms with E-state index in [9.17, 15) is 9.90 Å². The predicted molar refractivity (Wildman–Crippen MR) is 108 cm³/mol. The van der Waals surface area contributed by atoms with Gasteiger partial charge in [0.25, 0.3) is 0 Å². The first-order valence-electron chi connectivity index (χ1n) is 8.61. The van der Waals surface area contributed by atoms with Gasteiger partial charge in [-0.05, 0) is 36.4 Å². The molecule has 3 aromatic rings. The maximum Gasteiger partial charge on any atom is 0.136 e. The van der Waals surface area contributed by atoms with Crippen molar-refractivity contribution in [2.75, 3.05) is 19.8 Å². The molecule has 26 heavy (non-hydrogen) atoms. The molecule has 4 heteroatoms. The Balaban J connectivity index is 2.19. The Kier molecular flexibility index (Phi) is 5.70. The van der Waals surface area contributed by atoms with Gasteiger partial charge in [-0.2, -0.15) is 0 Å². The fourth-order valence-corrected chi connectivity index (χ4v) is 7.59. The Labute approximate surface area is 155 Å². The molecule has 0 saturated heterocycles. The topological polar surface area (TPSA) is 43.4 Å². The molecule has 3 rings (SSSR count). The zero-order valence-electron chi connectivity index (χ0n) is 14.8. The summed E-state index contributed by atoms with van der Waals surface area (Å²) in [5.74, 6) is 0. The highest BCUT2D eigenvalue weighted by Crippen LogP contribution is 2.54. The minimum atomic E-state index is -1.98. The van der Waals surface area contributed by atoms with Crippen LogP contribution in [0.2, 0.25) is 0 Å². The Morgan fingerprint density at radius 2 is 1.12 bits per heavy atom. The van der Waals surface area contributed by atoms with Gasteiger partial charge in [0.15, 0.2) is 0 Å². The molecule has 0 saturated carbocycles. The molecule has 0 spiro atoms. The number of carboxylic acid groups (broad SMARTS) is 1. The largest absolute Gasteiger partial charge is 0.530 e. The molecule has 132 valence electrons. The first kappa shape index (κ1) is 18.2. The minimum absolute atomic E-state index is 0.425. The van der Waals surface area contributed by atoms with Crippen LogP contribution in [0, 0.1) is 0 Å². The zero-order valence-corrected chi connectivity index (χ0v) is 15.7. The van der Waals surface area contributed by atoms with Crippen LogP contribution < -0.4 is 21.0 Å². The first-order chi connectivity index (χ1) is 12.6. The summed E-state index contributed by atoms with van der Waals surface area (Å²) >= 11 is 0. The number of hydrogen-bond donors (Lipinski definition) is 0. The molecular formula is C22H22NO2P. The van der Waals surface area contributed by atoms with Crippen LogP contribution in [0.3, 0.4) is 0 Å². The van der Waals surface area contributed by atoms with E-state index in [1.165, 1.54) is 20.8 Å². The number of carbonyl (C=O) groups is 1. The lowest BCUT2D eigenvalue weighted by Crippen LogP contribution is -2.43. The number of carbonyl (C=O) groups excluding carboxylic acids is 1. The van der Waals surface area contributed by atoms with E-state index < -0.39 is 13.4 Å². The van der Waals surface area contributed by atoms with E-state index in [4.69, 9.17) is 0 Å². The third kappa shape index (κ3) is 3.63. The molecule has 0 aliphatic heterocycles. The Bertz CT molecular complexity index is 741. The lowest BCUT2D eigenvalue weighted by molar-refractivity contribution is -0.263. The van der Waals surface area contributed by atoms with Gasteiger partial charge in [0.1, 0.15) is 29.3 Å². The van der Waals surface area contributed by atoms with Crippen molar-refractivity contribution < 1.29 is 9.90 Å². The van der Waals surface area contributed by atoms with Crippen LogP contribution >= 0.6 is 7.26 Å². The number of benzene rings is 3. The highest BCUT2D eigenvalue weighted by atomic mass is 31.2. The molecule has 0 N–H and O–H groups in total. The first-order valence-corrected chi connectivity index (χ1v) is 10.6. The summed E-state index contributed by atoms with van der Waals surface area (Å²) < 4.78 is 0. The summed E-state index contributed by atoms with van der Waals surface area (Å²) in [5.41, 5.74) is 0. The third-order valence-electron chi connectivity index (χ3n) is 4.67. The van der Waals surface area contributed by atoms with Crippen molar-refractivity contribution in [3.63, 3.8) is 0 Å². The summed E-state index contributed by atoms with van der Waals surface area (Å²) in [6, 6.07) is 31.3. The Morgan fingerprint density at radius 3 is 1.42 bits per heavy atom. The SMILES string of the molecule is CN(CC[P+](c1ccccc1)(c1ccccc1)c1ccccc1)C(=O)[O-]. The second-order valence-corrected chi connectivity index (χ2v) is 9.84. The molecule has 0 heterocycles. The minimum Gasteiger partial charge on any atom is -0.530 e. The van der Waals surface area contributed by atoms with Crippen LogP contribution in [-0.4, -0.2) is 30.7 Å². The number of amides is 1. The highest BCUT2D eigenvalue weighted by molar-refractivity contribution is 7.95. The van der Waals surface area contributed by atoms with Gasteiger partial charge in [0, 0.05) is 7.05 Å². The van der Waals surface area contributed by atoms with E-state index in [1.807, 2.05) is 18.2 Å². The molecule has 3 nitrogen and oxygen atoms in total. The molecule has 0 atom stereocenters. The van der Waals surface area contributed by atoms with Crippen LogP contribution in [0.1, 0.15) is 0 Å². The Morgan fingerprint density at radius 1 is 0.769 bits per heavy atom. The number of nitrogens with zero attached hydrogens (tertiary/aromatic N) is 1. The van der Waals surface area contributed by atoms with Gasteiger partial charge in [-0.25, -0.2) is 0 Å². The van der Waals surface area contributed by atoms with Gasteiger partial charge in [-0.3, -0.25) is 0 Å². The normalized spacial score (nSPS) is 11.1. The molecule has 0 unspecified atom stereocenters. The van der Waals surface area contributed by atoms with Gasteiger partial charge in [0.2, 0.25) is 0 Å². The molecule has 0 aromatic heterocycles. The average Bonchev–Trinajstić information content (AvgIpc) is 2.70. The summed E-state index contributed by atoms with van der Waals surface area (Å²) in [5, 5.41) is 15.0. The van der Waals surface area contributed by atoms with E-state index in [1.54, 1.807) is 7.05 Å². The van der Waals surface area contributed by atoms with E-state index in [2.05, 4.69) is 72.8 Å². The summed E-state index contributed by atoms with van der Waals surface area (Å²) in [4.78, 5) is 12.5. The highest BCUT2D eigenvalue weighted by Gasteiger charge is 2.44. The number of hydrogen-bond acceptors (Lipinski definition) is 2. The van der Waals surface area contributed by atoms with Gasteiger partial charge < -0.3 is 14.8 Å².